The Morgan fingerprint density at radius 2 is 2.00 bits per heavy atom. The summed E-state index contributed by atoms with van der Waals surface area (Å²) in [5.41, 5.74) is 5.52. The summed E-state index contributed by atoms with van der Waals surface area (Å²) in [6, 6.07) is 5.54. The van der Waals surface area contributed by atoms with E-state index in [1.807, 2.05) is 12.1 Å². The van der Waals surface area contributed by atoms with E-state index in [0.29, 0.717) is 17.3 Å². The number of piperidine rings is 1. The van der Waals surface area contributed by atoms with Gasteiger partial charge in [-0.3, -0.25) is 9.69 Å². The predicted octanol–water partition coefficient (Wildman–Crippen LogP) is 1.63. The number of ether oxygens (including phenoxy) is 1. The van der Waals surface area contributed by atoms with Gasteiger partial charge in [-0.1, -0.05) is 24.1 Å². The lowest BCUT2D eigenvalue weighted by molar-refractivity contribution is -0.119. The summed E-state index contributed by atoms with van der Waals surface area (Å²) in [6.07, 6.45) is 4.59. The molecule has 2 saturated heterocycles. The van der Waals surface area contributed by atoms with Gasteiger partial charge in [0.15, 0.2) is 6.61 Å². The third-order valence-electron chi connectivity index (χ3n) is 5.15. The summed E-state index contributed by atoms with van der Waals surface area (Å²) < 4.78 is 5.28. The molecule has 7 heteroatoms. The number of carbonyl (C=O) groups excluding carboxylic acids is 1. The van der Waals surface area contributed by atoms with Crippen LogP contribution in [0.1, 0.15) is 31.2 Å². The SMILES string of the molecule is NC(=O)COc1ccc(CN2CC[C@@](O)(CN3CCCCC3)C2)cc1Cl. The van der Waals surface area contributed by atoms with Gasteiger partial charge in [-0.15, -0.1) is 0 Å². The molecule has 0 radical (unpaired) electrons. The molecule has 0 unspecified atom stereocenters. The van der Waals surface area contributed by atoms with Crippen LogP contribution in [0, 0.1) is 0 Å². The van der Waals surface area contributed by atoms with Crippen LogP contribution in [-0.4, -0.2) is 65.7 Å². The number of nitrogens with two attached hydrogens (primary N) is 1. The molecule has 3 rings (SSSR count). The monoisotopic (exact) mass is 381 g/mol. The van der Waals surface area contributed by atoms with Crippen LogP contribution >= 0.6 is 11.6 Å². The Kier molecular flexibility index (Phi) is 6.40. The number of carbonyl (C=O) groups is 1. The maximum Gasteiger partial charge on any atom is 0.255 e. The molecule has 1 aromatic carbocycles. The lowest BCUT2D eigenvalue weighted by Crippen LogP contribution is -2.46. The highest BCUT2D eigenvalue weighted by molar-refractivity contribution is 6.32. The third kappa shape index (κ3) is 5.33. The second-order valence-corrected chi connectivity index (χ2v) is 7.95. The predicted molar refractivity (Wildman–Crippen MR) is 101 cm³/mol. The van der Waals surface area contributed by atoms with Crippen LogP contribution in [0.25, 0.3) is 0 Å². The number of aliphatic hydroxyl groups is 1. The largest absolute Gasteiger partial charge is 0.482 e. The molecule has 6 nitrogen and oxygen atoms in total. The van der Waals surface area contributed by atoms with E-state index < -0.39 is 11.5 Å². The first-order valence-electron chi connectivity index (χ1n) is 9.30. The van der Waals surface area contributed by atoms with E-state index in [4.69, 9.17) is 22.1 Å². The highest BCUT2D eigenvalue weighted by Gasteiger charge is 2.37. The number of nitrogens with zero attached hydrogens (tertiary/aromatic N) is 2. The number of halogens is 1. The fraction of sp³-hybridized carbons (Fsp3) is 0.632. The van der Waals surface area contributed by atoms with Crippen LogP contribution in [0.2, 0.25) is 5.02 Å². The molecule has 0 bridgehead atoms. The van der Waals surface area contributed by atoms with E-state index in [2.05, 4.69) is 9.80 Å². The standard InChI is InChI=1S/C19H28ClN3O3/c20-16-10-15(4-5-17(16)26-12-18(21)24)11-23-9-6-19(25,14-23)13-22-7-2-1-3-8-22/h4-5,10,25H,1-3,6-9,11-14H2,(H2,21,24)/t19-/m1/s1. The van der Waals surface area contributed by atoms with Gasteiger partial charge >= 0.3 is 0 Å². The molecular weight excluding hydrogens is 354 g/mol. The van der Waals surface area contributed by atoms with Gasteiger partial charge in [0.2, 0.25) is 0 Å². The Morgan fingerprint density at radius 3 is 2.69 bits per heavy atom. The summed E-state index contributed by atoms with van der Waals surface area (Å²) in [4.78, 5) is 15.5. The van der Waals surface area contributed by atoms with Crippen LogP contribution in [-0.2, 0) is 11.3 Å². The number of primary amides is 1. The Hall–Kier alpha value is -1.34. The number of β-amino-alcohol motifs (C(OH)–C–C–N with tert-alkyl or cyclic N) is 1. The van der Waals surface area contributed by atoms with Crippen molar-refractivity contribution in [1.82, 2.24) is 9.80 Å². The fourth-order valence-electron chi connectivity index (χ4n) is 3.91. The zero-order chi connectivity index (χ0) is 18.6. The van der Waals surface area contributed by atoms with Gasteiger partial charge in [-0.25, -0.2) is 0 Å². The summed E-state index contributed by atoms with van der Waals surface area (Å²) in [6.45, 7) is 5.08. The van der Waals surface area contributed by atoms with Crippen LogP contribution in [0.4, 0.5) is 0 Å². The number of amides is 1. The van der Waals surface area contributed by atoms with Gasteiger partial charge < -0.3 is 20.5 Å². The van der Waals surface area contributed by atoms with Crippen molar-refractivity contribution < 1.29 is 14.6 Å². The average molecular weight is 382 g/mol. The van der Waals surface area contributed by atoms with Crippen molar-refractivity contribution in [2.75, 3.05) is 39.3 Å². The number of hydrogen-bond donors (Lipinski definition) is 2. The molecule has 144 valence electrons. The Labute approximate surface area is 159 Å². The molecule has 1 atom stereocenters. The molecule has 2 fully saturated rings. The lowest BCUT2D eigenvalue weighted by atomic mass is 10.0. The van der Waals surface area contributed by atoms with Crippen molar-refractivity contribution in [2.24, 2.45) is 5.73 Å². The summed E-state index contributed by atoms with van der Waals surface area (Å²) in [5.74, 6) is -0.0764. The molecule has 2 aliphatic heterocycles. The molecule has 1 aromatic rings. The first kappa shape index (κ1) is 19.4. The topological polar surface area (TPSA) is 79.0 Å². The Morgan fingerprint density at radius 1 is 1.23 bits per heavy atom. The zero-order valence-electron chi connectivity index (χ0n) is 15.1. The molecule has 3 N–H and O–H groups in total. The maximum absolute atomic E-state index is 10.9. The zero-order valence-corrected chi connectivity index (χ0v) is 15.9. The molecule has 1 amide bonds. The quantitative estimate of drug-likeness (QED) is 0.750. The third-order valence-corrected chi connectivity index (χ3v) is 5.45. The van der Waals surface area contributed by atoms with Gasteiger partial charge in [0.1, 0.15) is 5.75 Å². The van der Waals surface area contributed by atoms with E-state index in [9.17, 15) is 9.90 Å². The molecule has 0 spiro atoms. The van der Waals surface area contributed by atoms with Crippen LogP contribution in [0.15, 0.2) is 18.2 Å². The van der Waals surface area contributed by atoms with E-state index >= 15 is 0 Å². The number of rotatable bonds is 7. The van der Waals surface area contributed by atoms with Crippen molar-refractivity contribution in [1.29, 1.82) is 0 Å². The minimum absolute atomic E-state index is 0.186. The van der Waals surface area contributed by atoms with Crippen molar-refractivity contribution in [3.63, 3.8) is 0 Å². The van der Waals surface area contributed by atoms with E-state index in [0.717, 1.165) is 44.7 Å². The van der Waals surface area contributed by atoms with Crippen molar-refractivity contribution in [3.8, 4) is 5.75 Å². The summed E-state index contributed by atoms with van der Waals surface area (Å²) in [7, 11) is 0. The first-order chi connectivity index (χ1) is 12.4. The molecular formula is C19H28ClN3O3. The lowest BCUT2D eigenvalue weighted by Gasteiger charge is -2.33. The van der Waals surface area contributed by atoms with Gasteiger partial charge in [0.05, 0.1) is 10.6 Å². The second kappa shape index (κ2) is 8.57. The van der Waals surface area contributed by atoms with Gasteiger partial charge in [0, 0.05) is 26.2 Å². The van der Waals surface area contributed by atoms with Crippen molar-refractivity contribution >= 4 is 17.5 Å². The fourth-order valence-corrected chi connectivity index (χ4v) is 4.16. The number of likely N-dealkylation sites (tertiary alicyclic amines) is 2. The molecule has 2 heterocycles. The molecule has 26 heavy (non-hydrogen) atoms. The highest BCUT2D eigenvalue weighted by Crippen LogP contribution is 2.29. The minimum atomic E-state index is -0.619. The van der Waals surface area contributed by atoms with Crippen molar-refractivity contribution in [3.05, 3.63) is 28.8 Å². The molecule has 0 aliphatic carbocycles. The van der Waals surface area contributed by atoms with E-state index in [1.165, 1.54) is 19.3 Å². The normalized spacial score (nSPS) is 24.7. The van der Waals surface area contributed by atoms with Crippen molar-refractivity contribution in [2.45, 2.75) is 37.8 Å². The first-order valence-corrected chi connectivity index (χ1v) is 9.68. The summed E-state index contributed by atoms with van der Waals surface area (Å²) in [5, 5.41) is 11.4. The number of benzene rings is 1. The van der Waals surface area contributed by atoms with Crippen LogP contribution in [0.3, 0.4) is 0 Å². The van der Waals surface area contributed by atoms with E-state index in [-0.39, 0.29) is 6.61 Å². The maximum atomic E-state index is 10.9. The minimum Gasteiger partial charge on any atom is -0.482 e. The van der Waals surface area contributed by atoms with Crippen LogP contribution < -0.4 is 10.5 Å². The smallest absolute Gasteiger partial charge is 0.255 e. The summed E-state index contributed by atoms with van der Waals surface area (Å²) >= 11 is 6.23. The number of hydrogen-bond acceptors (Lipinski definition) is 5. The molecule has 2 aliphatic rings. The van der Waals surface area contributed by atoms with Gasteiger partial charge in [-0.2, -0.15) is 0 Å². The van der Waals surface area contributed by atoms with E-state index in [1.54, 1.807) is 6.07 Å². The second-order valence-electron chi connectivity index (χ2n) is 7.54. The Balaban J connectivity index is 1.53. The van der Waals surface area contributed by atoms with Gasteiger partial charge in [-0.05, 0) is 50.0 Å². The molecule has 0 aromatic heterocycles. The van der Waals surface area contributed by atoms with Gasteiger partial charge in [0.25, 0.3) is 5.91 Å². The molecule has 0 saturated carbocycles. The highest BCUT2D eigenvalue weighted by atomic mass is 35.5. The van der Waals surface area contributed by atoms with Crippen LogP contribution in [0.5, 0.6) is 5.75 Å². The average Bonchev–Trinajstić information content (AvgIpc) is 2.95. The Bertz CT molecular complexity index is 636.